The molecular formula is C21H15ClN2O2S. The van der Waals surface area contributed by atoms with Crippen LogP contribution < -0.4 is 4.90 Å². The molecule has 2 aromatic heterocycles. The van der Waals surface area contributed by atoms with Gasteiger partial charge in [-0.05, 0) is 29.8 Å². The van der Waals surface area contributed by atoms with Crippen LogP contribution in [0.4, 0.5) is 5.13 Å². The van der Waals surface area contributed by atoms with Crippen LogP contribution in [0.1, 0.15) is 16.1 Å². The van der Waals surface area contributed by atoms with Crippen LogP contribution in [0.3, 0.4) is 0 Å². The number of nitrogens with zero attached hydrogens (tertiary/aromatic N) is 2. The van der Waals surface area contributed by atoms with Gasteiger partial charge in [-0.2, -0.15) is 0 Å². The van der Waals surface area contributed by atoms with Gasteiger partial charge in [-0.3, -0.25) is 9.69 Å². The lowest BCUT2D eigenvalue weighted by atomic mass is 10.2. The van der Waals surface area contributed by atoms with Crippen LogP contribution in [0.2, 0.25) is 5.02 Å². The first-order valence-corrected chi connectivity index (χ1v) is 9.57. The quantitative estimate of drug-likeness (QED) is 0.423. The predicted molar refractivity (Wildman–Crippen MR) is 108 cm³/mol. The molecule has 0 saturated heterocycles. The highest BCUT2D eigenvalue weighted by Crippen LogP contribution is 2.30. The Bertz CT molecular complexity index is 1030. The molecule has 4 aromatic rings. The van der Waals surface area contributed by atoms with Crippen LogP contribution in [-0.2, 0) is 6.54 Å². The first-order valence-electron chi connectivity index (χ1n) is 8.31. The summed E-state index contributed by atoms with van der Waals surface area (Å²) < 4.78 is 5.31. The van der Waals surface area contributed by atoms with Gasteiger partial charge in [-0.25, -0.2) is 4.98 Å². The molecule has 4 rings (SSSR count). The summed E-state index contributed by atoms with van der Waals surface area (Å²) >= 11 is 7.38. The van der Waals surface area contributed by atoms with Crippen LogP contribution in [0.5, 0.6) is 0 Å². The third-order valence-corrected chi connectivity index (χ3v) is 5.14. The Morgan fingerprint density at radius 1 is 1.04 bits per heavy atom. The Balaban J connectivity index is 1.68. The zero-order valence-electron chi connectivity index (χ0n) is 14.2. The second-order valence-electron chi connectivity index (χ2n) is 5.88. The molecule has 134 valence electrons. The van der Waals surface area contributed by atoms with Crippen LogP contribution in [0, 0.1) is 0 Å². The highest BCUT2D eigenvalue weighted by molar-refractivity contribution is 7.14. The van der Waals surface area contributed by atoms with Crippen molar-refractivity contribution in [3.05, 3.63) is 94.7 Å². The van der Waals surface area contributed by atoms with Gasteiger partial charge >= 0.3 is 0 Å². The zero-order chi connectivity index (χ0) is 18.6. The summed E-state index contributed by atoms with van der Waals surface area (Å²) in [7, 11) is 0. The highest BCUT2D eigenvalue weighted by Gasteiger charge is 2.23. The Labute approximate surface area is 165 Å². The molecule has 1 amide bonds. The maximum Gasteiger partial charge on any atom is 0.296 e. The summed E-state index contributed by atoms with van der Waals surface area (Å²) in [5, 5.41) is 3.23. The van der Waals surface area contributed by atoms with E-state index in [0.29, 0.717) is 16.7 Å². The molecule has 2 heterocycles. The number of hydrogen-bond donors (Lipinski definition) is 0. The molecule has 4 nitrogen and oxygen atoms in total. The fourth-order valence-electron chi connectivity index (χ4n) is 2.67. The molecule has 2 aromatic carbocycles. The molecule has 0 atom stereocenters. The molecule has 27 heavy (non-hydrogen) atoms. The third kappa shape index (κ3) is 3.94. The van der Waals surface area contributed by atoms with E-state index in [1.54, 1.807) is 17.0 Å². The number of rotatable bonds is 5. The number of aromatic nitrogens is 1. The lowest BCUT2D eigenvalue weighted by molar-refractivity contribution is 0.0958. The molecule has 0 aliphatic rings. The molecule has 0 bridgehead atoms. The van der Waals surface area contributed by atoms with Gasteiger partial charge in [0, 0.05) is 16.0 Å². The van der Waals surface area contributed by atoms with E-state index >= 15 is 0 Å². The average molecular weight is 395 g/mol. The molecule has 0 radical (unpaired) electrons. The molecule has 6 heteroatoms. The Morgan fingerprint density at radius 3 is 2.52 bits per heavy atom. The number of amides is 1. The Morgan fingerprint density at radius 2 is 1.81 bits per heavy atom. The average Bonchev–Trinajstić information content (AvgIpc) is 3.39. The first kappa shape index (κ1) is 17.5. The van der Waals surface area contributed by atoms with Crippen molar-refractivity contribution < 1.29 is 9.21 Å². The predicted octanol–water partition coefficient (Wildman–Crippen LogP) is 5.90. The van der Waals surface area contributed by atoms with Crippen molar-refractivity contribution in [2.24, 2.45) is 0 Å². The number of hydrogen-bond acceptors (Lipinski definition) is 4. The normalized spacial score (nSPS) is 10.7. The van der Waals surface area contributed by atoms with Crippen LogP contribution in [-0.4, -0.2) is 10.9 Å². The minimum absolute atomic E-state index is 0.221. The van der Waals surface area contributed by atoms with Gasteiger partial charge in [0.1, 0.15) is 0 Å². The number of carbonyl (C=O) groups is 1. The minimum Gasteiger partial charge on any atom is -0.459 e. The van der Waals surface area contributed by atoms with Crippen LogP contribution in [0.15, 0.2) is 82.8 Å². The van der Waals surface area contributed by atoms with E-state index in [9.17, 15) is 4.79 Å². The monoisotopic (exact) mass is 394 g/mol. The van der Waals surface area contributed by atoms with E-state index in [-0.39, 0.29) is 11.7 Å². The van der Waals surface area contributed by atoms with Crippen molar-refractivity contribution in [1.29, 1.82) is 0 Å². The highest BCUT2D eigenvalue weighted by atomic mass is 35.5. The van der Waals surface area contributed by atoms with E-state index in [0.717, 1.165) is 16.8 Å². The number of anilines is 1. The molecule has 0 unspecified atom stereocenters. The molecular weight excluding hydrogens is 380 g/mol. The van der Waals surface area contributed by atoms with Gasteiger partial charge in [-0.1, -0.05) is 54.1 Å². The zero-order valence-corrected chi connectivity index (χ0v) is 15.8. The summed E-state index contributed by atoms with van der Waals surface area (Å²) in [5.74, 6) is 0.0648. The largest absolute Gasteiger partial charge is 0.459 e. The second-order valence-corrected chi connectivity index (χ2v) is 7.15. The Hall–Kier alpha value is -2.89. The van der Waals surface area contributed by atoms with E-state index in [4.69, 9.17) is 16.0 Å². The molecule has 0 saturated carbocycles. The molecule has 0 N–H and O–H groups in total. The number of halogens is 1. The summed E-state index contributed by atoms with van der Waals surface area (Å²) in [6, 6.07) is 20.7. The van der Waals surface area contributed by atoms with Crippen molar-refractivity contribution in [2.75, 3.05) is 4.90 Å². The SMILES string of the molecule is O=C(c1ccco1)N(Cc1ccccc1)c1nc(-c2ccc(Cl)cc2)cs1. The lowest BCUT2D eigenvalue weighted by Gasteiger charge is -2.18. The van der Waals surface area contributed by atoms with Crippen molar-refractivity contribution in [2.45, 2.75) is 6.54 Å². The van der Waals surface area contributed by atoms with Crippen LogP contribution >= 0.6 is 22.9 Å². The maximum atomic E-state index is 13.0. The molecule has 0 spiro atoms. The van der Waals surface area contributed by atoms with Gasteiger partial charge < -0.3 is 4.42 Å². The van der Waals surface area contributed by atoms with Gasteiger partial charge in [0.05, 0.1) is 18.5 Å². The molecule has 0 fully saturated rings. The first-order chi connectivity index (χ1) is 13.2. The van der Waals surface area contributed by atoms with Gasteiger partial charge in [0.2, 0.25) is 0 Å². The minimum atomic E-state index is -0.221. The summed E-state index contributed by atoms with van der Waals surface area (Å²) in [5.41, 5.74) is 2.77. The van der Waals surface area contributed by atoms with E-state index < -0.39 is 0 Å². The van der Waals surface area contributed by atoms with Crippen molar-refractivity contribution in [1.82, 2.24) is 4.98 Å². The van der Waals surface area contributed by atoms with Gasteiger partial charge in [0.25, 0.3) is 5.91 Å². The number of benzene rings is 2. The van der Waals surface area contributed by atoms with Crippen molar-refractivity contribution >= 4 is 34.0 Å². The summed E-state index contributed by atoms with van der Waals surface area (Å²) in [6.45, 7) is 0.411. The summed E-state index contributed by atoms with van der Waals surface area (Å²) in [4.78, 5) is 19.3. The van der Waals surface area contributed by atoms with E-state index in [2.05, 4.69) is 4.98 Å². The lowest BCUT2D eigenvalue weighted by Crippen LogP contribution is -2.30. The maximum absolute atomic E-state index is 13.0. The number of thiazole rings is 1. The van der Waals surface area contributed by atoms with Gasteiger partial charge in [-0.15, -0.1) is 11.3 Å². The molecule has 0 aliphatic heterocycles. The number of furan rings is 1. The standard InChI is InChI=1S/C21H15ClN2O2S/c22-17-10-8-16(9-11-17)18-14-27-21(23-18)24(13-15-5-2-1-3-6-15)20(25)19-7-4-12-26-19/h1-12,14H,13H2. The van der Waals surface area contributed by atoms with E-state index in [1.165, 1.54) is 17.6 Å². The van der Waals surface area contributed by atoms with Gasteiger partial charge in [0.15, 0.2) is 10.9 Å². The van der Waals surface area contributed by atoms with Crippen LogP contribution in [0.25, 0.3) is 11.3 Å². The fraction of sp³-hybridized carbons (Fsp3) is 0.0476. The summed E-state index contributed by atoms with van der Waals surface area (Å²) in [6.07, 6.45) is 1.49. The third-order valence-electron chi connectivity index (χ3n) is 4.02. The topological polar surface area (TPSA) is 46.3 Å². The number of carbonyl (C=O) groups excluding carboxylic acids is 1. The Kier molecular flexibility index (Phi) is 5.05. The second kappa shape index (κ2) is 7.78. The fourth-order valence-corrected chi connectivity index (χ4v) is 3.62. The molecule has 0 aliphatic carbocycles. The van der Waals surface area contributed by atoms with Crippen molar-refractivity contribution in [3.8, 4) is 11.3 Å². The smallest absolute Gasteiger partial charge is 0.296 e. The van der Waals surface area contributed by atoms with E-state index in [1.807, 2.05) is 60.0 Å². The van der Waals surface area contributed by atoms with Crippen molar-refractivity contribution in [3.63, 3.8) is 0 Å².